The molecule has 1 N–H and O–H groups in total. The molecular formula is C30H56N6O7S2. The quantitative estimate of drug-likeness (QED) is 0.232. The van der Waals surface area contributed by atoms with Gasteiger partial charge in [-0.15, -0.1) is 5.10 Å². The molecule has 2 heterocycles. The van der Waals surface area contributed by atoms with Crippen LogP contribution in [0.25, 0.3) is 0 Å². The molecule has 1 fully saturated rings. The molecule has 1 aromatic rings. The number of hydrogen-bond acceptors (Lipinski definition) is 9. The number of carbonyl (C=O) groups excluding carboxylic acids is 2. The number of ether oxygens (including phenoxy) is 1. The topological polar surface area (TPSA) is 161 Å². The SMILES string of the molecule is CC(=O)CCC(C)(C)OCCC(C)(C)n1cc(CNC(=O)C2CN(S(=O)(=O)CCC(C)C)CCN2S(=O)(=O)CCC(C)C)nn1. The van der Waals surface area contributed by atoms with Gasteiger partial charge in [0.2, 0.25) is 26.0 Å². The van der Waals surface area contributed by atoms with Gasteiger partial charge in [-0.3, -0.25) is 4.79 Å². The van der Waals surface area contributed by atoms with E-state index in [4.69, 9.17) is 4.74 Å². The Kier molecular flexibility index (Phi) is 14.2. The first-order valence-electron chi connectivity index (χ1n) is 16.0. The molecule has 45 heavy (non-hydrogen) atoms. The molecule has 0 spiro atoms. The molecule has 1 atom stereocenters. The van der Waals surface area contributed by atoms with Crippen molar-refractivity contribution in [1.82, 2.24) is 28.9 Å². The Hall–Kier alpha value is -1.94. The zero-order valence-corrected chi connectivity index (χ0v) is 30.3. The lowest BCUT2D eigenvalue weighted by molar-refractivity contribution is -0.126. The van der Waals surface area contributed by atoms with Crippen LogP contribution in [0.4, 0.5) is 0 Å². The fourth-order valence-corrected chi connectivity index (χ4v) is 8.44. The fourth-order valence-electron chi connectivity index (χ4n) is 4.77. The van der Waals surface area contributed by atoms with E-state index < -0.39 is 43.1 Å². The van der Waals surface area contributed by atoms with Crippen molar-refractivity contribution in [3.63, 3.8) is 0 Å². The molecule has 15 heteroatoms. The molecule has 1 amide bonds. The number of carbonyl (C=O) groups is 2. The summed E-state index contributed by atoms with van der Waals surface area (Å²) in [7, 11) is -7.47. The van der Waals surface area contributed by atoms with E-state index in [1.54, 1.807) is 17.8 Å². The molecular weight excluding hydrogens is 620 g/mol. The van der Waals surface area contributed by atoms with Crippen molar-refractivity contribution in [1.29, 1.82) is 0 Å². The Morgan fingerprint density at radius 1 is 0.978 bits per heavy atom. The summed E-state index contributed by atoms with van der Waals surface area (Å²) in [6, 6.07) is -1.19. The number of aromatic nitrogens is 3. The number of Topliss-reactive ketones (excluding diaryl/α,β-unsaturated/α-hetero) is 1. The van der Waals surface area contributed by atoms with Crippen LogP contribution in [-0.4, -0.2) is 102 Å². The van der Waals surface area contributed by atoms with Crippen molar-refractivity contribution in [3.05, 3.63) is 11.9 Å². The summed E-state index contributed by atoms with van der Waals surface area (Å²) in [5.74, 6) is -0.285. The van der Waals surface area contributed by atoms with Crippen molar-refractivity contribution < 1.29 is 31.2 Å². The number of hydrogen-bond donors (Lipinski definition) is 1. The van der Waals surface area contributed by atoms with Crippen LogP contribution in [0.5, 0.6) is 0 Å². The number of amides is 1. The van der Waals surface area contributed by atoms with Gasteiger partial charge in [0.25, 0.3) is 0 Å². The second kappa shape index (κ2) is 16.2. The number of nitrogens with zero attached hydrogens (tertiary/aromatic N) is 5. The Morgan fingerprint density at radius 3 is 2.16 bits per heavy atom. The third-order valence-corrected chi connectivity index (χ3v) is 11.9. The number of ketones is 1. The van der Waals surface area contributed by atoms with Crippen molar-refractivity contribution >= 4 is 31.7 Å². The van der Waals surface area contributed by atoms with Crippen LogP contribution >= 0.6 is 0 Å². The average molecular weight is 677 g/mol. The summed E-state index contributed by atoms with van der Waals surface area (Å²) in [4.78, 5) is 24.9. The lowest BCUT2D eigenvalue weighted by Gasteiger charge is -2.39. The molecule has 0 aromatic carbocycles. The minimum absolute atomic E-state index is 0.0000279. The predicted molar refractivity (Wildman–Crippen MR) is 174 cm³/mol. The second-order valence-corrected chi connectivity index (χ2v) is 18.4. The highest BCUT2D eigenvalue weighted by Gasteiger charge is 2.42. The highest BCUT2D eigenvalue weighted by Crippen LogP contribution is 2.24. The summed E-state index contributed by atoms with van der Waals surface area (Å²) in [6.07, 6.45) is 4.35. The van der Waals surface area contributed by atoms with E-state index in [0.29, 0.717) is 44.4 Å². The normalized spacial score (nSPS) is 17.7. The zero-order valence-electron chi connectivity index (χ0n) is 28.7. The highest BCUT2D eigenvalue weighted by molar-refractivity contribution is 7.89. The van der Waals surface area contributed by atoms with E-state index in [-0.39, 0.29) is 55.3 Å². The van der Waals surface area contributed by atoms with E-state index in [1.807, 2.05) is 55.4 Å². The van der Waals surface area contributed by atoms with Crippen LogP contribution in [0.3, 0.4) is 0 Å². The van der Waals surface area contributed by atoms with E-state index in [0.717, 1.165) is 4.31 Å². The lowest BCUT2D eigenvalue weighted by atomic mass is 9.99. The summed E-state index contributed by atoms with van der Waals surface area (Å²) >= 11 is 0. The van der Waals surface area contributed by atoms with Crippen molar-refractivity contribution in [3.8, 4) is 0 Å². The van der Waals surface area contributed by atoms with Gasteiger partial charge in [-0.25, -0.2) is 21.5 Å². The number of nitrogens with one attached hydrogen (secondary N) is 1. The second-order valence-electron chi connectivity index (χ2n) is 14.2. The molecule has 1 saturated heterocycles. The molecule has 0 saturated carbocycles. The molecule has 0 radical (unpaired) electrons. The number of rotatable bonds is 19. The van der Waals surface area contributed by atoms with E-state index in [9.17, 15) is 26.4 Å². The van der Waals surface area contributed by atoms with Crippen LogP contribution in [0.1, 0.15) is 100 Å². The Balaban J connectivity index is 2.11. The van der Waals surface area contributed by atoms with Crippen LogP contribution in [0, 0.1) is 11.8 Å². The van der Waals surface area contributed by atoms with Gasteiger partial charge in [0.15, 0.2) is 0 Å². The average Bonchev–Trinajstić information content (AvgIpc) is 3.42. The van der Waals surface area contributed by atoms with E-state index in [1.165, 1.54) is 4.31 Å². The zero-order chi connectivity index (χ0) is 34.2. The minimum Gasteiger partial charge on any atom is -0.375 e. The third-order valence-electron chi connectivity index (χ3n) is 8.14. The maximum absolute atomic E-state index is 13.5. The molecule has 1 aromatic heterocycles. The van der Waals surface area contributed by atoms with Gasteiger partial charge in [0, 0.05) is 32.7 Å². The molecule has 1 unspecified atom stereocenters. The van der Waals surface area contributed by atoms with Crippen LogP contribution in [0.15, 0.2) is 6.20 Å². The number of piperazine rings is 1. The Bertz CT molecular complexity index is 1340. The van der Waals surface area contributed by atoms with Crippen molar-refractivity contribution in [2.24, 2.45) is 11.8 Å². The van der Waals surface area contributed by atoms with E-state index >= 15 is 0 Å². The molecule has 1 aliphatic heterocycles. The molecule has 13 nitrogen and oxygen atoms in total. The van der Waals surface area contributed by atoms with Gasteiger partial charge in [0.05, 0.1) is 35.4 Å². The summed E-state index contributed by atoms with van der Waals surface area (Å²) < 4.78 is 62.9. The highest BCUT2D eigenvalue weighted by atomic mass is 32.2. The molecule has 2 rings (SSSR count). The first-order chi connectivity index (χ1) is 20.6. The summed E-state index contributed by atoms with van der Waals surface area (Å²) in [6.45, 7) is 17.3. The standard InChI is InChI=1S/C30H56N6O7S2/c1-23(2)11-18-44(39,40)34-15-16-35(45(41,42)19-12-24(3)4)27(22-34)28(38)31-20-26-21-36(33-32-26)29(6,7)14-17-43-30(8,9)13-10-25(5)37/h21,23-24,27H,10-20,22H2,1-9H3,(H,31,38). The largest absolute Gasteiger partial charge is 0.375 e. The third kappa shape index (κ3) is 12.6. The summed E-state index contributed by atoms with van der Waals surface area (Å²) in [5.41, 5.74) is -0.412. The molecule has 260 valence electrons. The Morgan fingerprint density at radius 2 is 1.58 bits per heavy atom. The number of sulfonamides is 2. The maximum Gasteiger partial charge on any atom is 0.240 e. The minimum atomic E-state index is -3.80. The van der Waals surface area contributed by atoms with E-state index in [2.05, 4.69) is 15.6 Å². The smallest absolute Gasteiger partial charge is 0.240 e. The van der Waals surface area contributed by atoms with Gasteiger partial charge in [-0.05, 0) is 72.1 Å². The first kappa shape index (κ1) is 39.2. The maximum atomic E-state index is 13.5. The van der Waals surface area contributed by atoms with Crippen molar-refractivity contribution in [2.75, 3.05) is 37.7 Å². The Labute approximate surface area is 270 Å². The van der Waals surface area contributed by atoms with Crippen LogP contribution < -0.4 is 5.32 Å². The van der Waals surface area contributed by atoms with Gasteiger partial charge in [-0.1, -0.05) is 32.9 Å². The fraction of sp³-hybridized carbons (Fsp3) is 0.867. The predicted octanol–water partition coefficient (Wildman–Crippen LogP) is 2.92. The van der Waals surface area contributed by atoms with Gasteiger partial charge in [-0.2, -0.15) is 8.61 Å². The molecule has 1 aliphatic rings. The van der Waals surface area contributed by atoms with Gasteiger partial charge in [0.1, 0.15) is 17.5 Å². The van der Waals surface area contributed by atoms with Crippen LogP contribution in [0.2, 0.25) is 0 Å². The molecule has 0 aliphatic carbocycles. The van der Waals surface area contributed by atoms with Gasteiger partial charge < -0.3 is 14.8 Å². The molecule has 0 bridgehead atoms. The summed E-state index contributed by atoms with van der Waals surface area (Å²) in [5, 5.41) is 11.2. The van der Waals surface area contributed by atoms with Gasteiger partial charge >= 0.3 is 0 Å². The first-order valence-corrected chi connectivity index (χ1v) is 19.2. The lowest BCUT2D eigenvalue weighted by Crippen LogP contribution is -2.61. The van der Waals surface area contributed by atoms with Crippen molar-refractivity contribution in [2.45, 2.75) is 118 Å². The monoisotopic (exact) mass is 676 g/mol. The van der Waals surface area contributed by atoms with Crippen LogP contribution in [-0.2, 0) is 46.5 Å².